The Labute approximate surface area is 124 Å². The molecule has 1 N–H and O–H groups in total. The normalized spacial score (nSPS) is 12.2. The minimum Gasteiger partial charge on any atom is -0.506 e. The summed E-state index contributed by atoms with van der Waals surface area (Å²) < 4.78 is 0. The van der Waals surface area contributed by atoms with E-state index in [1.165, 1.54) is 6.07 Å². The zero-order valence-corrected chi connectivity index (χ0v) is 13.2. The maximum atomic E-state index is 10.9. The van der Waals surface area contributed by atoms with Gasteiger partial charge in [-0.15, -0.1) is 0 Å². The van der Waals surface area contributed by atoms with Crippen molar-refractivity contribution < 1.29 is 10.0 Å². The van der Waals surface area contributed by atoms with E-state index in [-0.39, 0.29) is 28.0 Å². The Morgan fingerprint density at radius 2 is 1.95 bits per heavy atom. The summed E-state index contributed by atoms with van der Waals surface area (Å²) in [5, 5.41) is 20.9. The Morgan fingerprint density at radius 1 is 1.40 bits per heavy atom. The molecular weight excluding hydrogens is 280 g/mol. The summed E-state index contributed by atoms with van der Waals surface area (Å²) in [6.07, 6.45) is 0. The molecule has 0 amide bonds. The predicted molar refractivity (Wildman–Crippen MR) is 80.2 cm³/mol. The number of phenolic OH excluding ortho intramolecular Hbond substituents is 1. The van der Waals surface area contributed by atoms with Crippen LogP contribution in [0.2, 0.25) is 5.02 Å². The van der Waals surface area contributed by atoms with Gasteiger partial charge in [0.15, 0.2) is 0 Å². The van der Waals surface area contributed by atoms with Gasteiger partial charge in [0.2, 0.25) is 0 Å². The third-order valence-electron chi connectivity index (χ3n) is 3.16. The Balaban J connectivity index is 3.22. The molecule has 0 radical (unpaired) electrons. The van der Waals surface area contributed by atoms with Gasteiger partial charge in [0.1, 0.15) is 5.75 Å². The molecule has 0 saturated carbocycles. The van der Waals surface area contributed by atoms with Gasteiger partial charge in [0.25, 0.3) is 5.69 Å². The first kappa shape index (κ1) is 16.7. The van der Waals surface area contributed by atoms with Crippen molar-refractivity contribution in [2.75, 3.05) is 0 Å². The summed E-state index contributed by atoms with van der Waals surface area (Å²) in [5.41, 5.74) is 0.228. The average Bonchev–Trinajstić information content (AvgIpc) is 2.28. The van der Waals surface area contributed by atoms with E-state index in [0.29, 0.717) is 12.1 Å². The molecule has 0 aliphatic rings. The first-order valence-corrected chi connectivity index (χ1v) is 6.84. The van der Waals surface area contributed by atoms with Gasteiger partial charge >= 0.3 is 0 Å². The van der Waals surface area contributed by atoms with Crippen molar-refractivity contribution in [1.29, 1.82) is 0 Å². The molecule has 1 aromatic rings. The second-order valence-corrected chi connectivity index (χ2v) is 6.49. The van der Waals surface area contributed by atoms with Gasteiger partial charge in [-0.25, -0.2) is 0 Å². The second-order valence-electron chi connectivity index (χ2n) is 6.08. The lowest BCUT2D eigenvalue weighted by molar-refractivity contribution is -0.384. The van der Waals surface area contributed by atoms with E-state index in [4.69, 9.17) is 11.6 Å². The highest BCUT2D eigenvalue weighted by Crippen LogP contribution is 2.34. The van der Waals surface area contributed by atoms with Crippen LogP contribution in [0.5, 0.6) is 5.75 Å². The Kier molecular flexibility index (Phi) is 5.00. The molecule has 0 aliphatic heterocycles. The molecule has 0 spiro atoms. The molecule has 20 heavy (non-hydrogen) atoms. The van der Waals surface area contributed by atoms with E-state index in [2.05, 4.69) is 25.7 Å². The lowest BCUT2D eigenvalue weighted by Gasteiger charge is -2.39. The summed E-state index contributed by atoms with van der Waals surface area (Å²) in [5.74, 6) is -0.0906. The quantitative estimate of drug-likeness (QED) is 0.675. The maximum Gasteiger partial charge on any atom is 0.271 e. The summed E-state index contributed by atoms with van der Waals surface area (Å²) in [6, 6.07) is 2.77. The standard InChI is InChI=1S/C14H21ClN2O3/c1-9(2)16(14(3,4)5)8-10-6-11(17(19)20)7-12(15)13(10)18/h6-7,9,18H,8H2,1-5H3. The van der Waals surface area contributed by atoms with Crippen LogP contribution < -0.4 is 0 Å². The van der Waals surface area contributed by atoms with Gasteiger partial charge in [-0.3, -0.25) is 15.0 Å². The van der Waals surface area contributed by atoms with Gasteiger partial charge in [-0.1, -0.05) is 11.6 Å². The molecule has 0 bridgehead atoms. The van der Waals surface area contributed by atoms with Gasteiger partial charge in [0.05, 0.1) is 9.95 Å². The van der Waals surface area contributed by atoms with Crippen LogP contribution in [-0.2, 0) is 6.54 Å². The summed E-state index contributed by atoms with van der Waals surface area (Å²) in [4.78, 5) is 12.5. The number of non-ortho nitro benzene ring substituents is 1. The number of hydrogen-bond acceptors (Lipinski definition) is 4. The number of aromatic hydroxyl groups is 1. The highest BCUT2D eigenvalue weighted by atomic mass is 35.5. The van der Waals surface area contributed by atoms with E-state index < -0.39 is 4.92 Å². The Hall–Kier alpha value is -1.33. The number of nitro groups is 1. The minimum atomic E-state index is -0.508. The molecule has 1 aromatic carbocycles. The van der Waals surface area contributed by atoms with Crippen molar-refractivity contribution in [2.24, 2.45) is 0 Å². The fourth-order valence-electron chi connectivity index (χ4n) is 2.24. The molecule has 0 saturated heterocycles. The van der Waals surface area contributed by atoms with Crippen LogP contribution in [0, 0.1) is 10.1 Å². The topological polar surface area (TPSA) is 66.6 Å². The lowest BCUT2D eigenvalue weighted by atomic mass is 10.0. The summed E-state index contributed by atoms with van der Waals surface area (Å²) >= 11 is 5.87. The van der Waals surface area contributed by atoms with E-state index in [0.717, 1.165) is 6.07 Å². The SMILES string of the molecule is CC(C)N(Cc1cc([N+](=O)[O-])cc(Cl)c1O)C(C)(C)C. The molecule has 0 fully saturated rings. The summed E-state index contributed by atoms with van der Waals surface area (Å²) in [6.45, 7) is 10.7. The fourth-order valence-corrected chi connectivity index (χ4v) is 2.48. The highest BCUT2D eigenvalue weighted by Gasteiger charge is 2.26. The van der Waals surface area contributed by atoms with Crippen molar-refractivity contribution in [1.82, 2.24) is 4.90 Å². The molecule has 1 rings (SSSR count). The number of halogens is 1. The zero-order valence-electron chi connectivity index (χ0n) is 12.5. The van der Waals surface area contributed by atoms with Gasteiger partial charge < -0.3 is 5.11 Å². The van der Waals surface area contributed by atoms with Crippen molar-refractivity contribution >= 4 is 17.3 Å². The van der Waals surface area contributed by atoms with Crippen LogP contribution in [-0.4, -0.2) is 26.5 Å². The number of phenols is 1. The predicted octanol–water partition coefficient (Wildman–Crippen LogP) is 3.96. The molecule has 0 aromatic heterocycles. The van der Waals surface area contributed by atoms with Crippen LogP contribution in [0.25, 0.3) is 0 Å². The number of benzene rings is 1. The second kappa shape index (κ2) is 5.97. The monoisotopic (exact) mass is 300 g/mol. The Bertz CT molecular complexity index is 510. The molecule has 0 aliphatic carbocycles. The van der Waals surface area contributed by atoms with E-state index >= 15 is 0 Å². The molecular formula is C14H21ClN2O3. The average molecular weight is 301 g/mol. The maximum absolute atomic E-state index is 10.9. The number of nitro benzene ring substituents is 1. The zero-order chi connectivity index (χ0) is 15.7. The molecule has 0 heterocycles. The first-order valence-electron chi connectivity index (χ1n) is 6.46. The van der Waals surface area contributed by atoms with Gasteiger partial charge in [-0.2, -0.15) is 0 Å². The van der Waals surface area contributed by atoms with Crippen molar-refractivity contribution in [3.63, 3.8) is 0 Å². The number of rotatable bonds is 4. The van der Waals surface area contributed by atoms with Crippen molar-refractivity contribution in [3.8, 4) is 5.75 Å². The minimum absolute atomic E-state index is 0.00631. The summed E-state index contributed by atoms with van der Waals surface area (Å²) in [7, 11) is 0. The molecule has 112 valence electrons. The smallest absolute Gasteiger partial charge is 0.271 e. The molecule has 5 nitrogen and oxygen atoms in total. The molecule has 0 unspecified atom stereocenters. The number of hydrogen-bond donors (Lipinski definition) is 1. The van der Waals surface area contributed by atoms with E-state index in [9.17, 15) is 15.2 Å². The van der Waals surface area contributed by atoms with Crippen LogP contribution in [0.15, 0.2) is 12.1 Å². The van der Waals surface area contributed by atoms with E-state index in [1.54, 1.807) is 0 Å². The largest absolute Gasteiger partial charge is 0.506 e. The highest BCUT2D eigenvalue weighted by molar-refractivity contribution is 6.32. The third kappa shape index (κ3) is 3.84. The van der Waals surface area contributed by atoms with Gasteiger partial charge in [-0.05, 0) is 34.6 Å². The fraction of sp³-hybridized carbons (Fsp3) is 0.571. The van der Waals surface area contributed by atoms with Crippen molar-refractivity contribution in [3.05, 3.63) is 32.8 Å². The lowest BCUT2D eigenvalue weighted by Crippen LogP contribution is -2.45. The van der Waals surface area contributed by atoms with E-state index in [1.807, 2.05) is 13.8 Å². The van der Waals surface area contributed by atoms with Crippen LogP contribution in [0.3, 0.4) is 0 Å². The first-order chi connectivity index (χ1) is 9.04. The number of nitrogens with zero attached hydrogens (tertiary/aromatic N) is 2. The molecule has 6 heteroatoms. The Morgan fingerprint density at radius 3 is 2.35 bits per heavy atom. The van der Waals surface area contributed by atoms with Crippen molar-refractivity contribution in [2.45, 2.75) is 52.7 Å². The van der Waals surface area contributed by atoms with Crippen LogP contribution in [0.1, 0.15) is 40.2 Å². The molecule has 0 atom stereocenters. The van der Waals surface area contributed by atoms with Gasteiger partial charge in [0, 0.05) is 35.8 Å². The van der Waals surface area contributed by atoms with Crippen LogP contribution in [0.4, 0.5) is 5.69 Å². The third-order valence-corrected chi connectivity index (χ3v) is 3.45. The van der Waals surface area contributed by atoms with Crippen LogP contribution >= 0.6 is 11.6 Å².